The minimum Gasteiger partial charge on any atom is -0.491 e. The number of alkyl halides is 2. The van der Waals surface area contributed by atoms with Crippen LogP contribution in [0.3, 0.4) is 0 Å². The lowest BCUT2D eigenvalue weighted by Crippen LogP contribution is -2.09. The van der Waals surface area contributed by atoms with E-state index in [1.807, 2.05) is 0 Å². The van der Waals surface area contributed by atoms with Crippen molar-refractivity contribution in [1.29, 1.82) is 0 Å². The lowest BCUT2D eigenvalue weighted by atomic mass is 10.3. The van der Waals surface area contributed by atoms with E-state index in [2.05, 4.69) is 9.72 Å². The molecule has 0 aromatic carbocycles. The lowest BCUT2D eigenvalue weighted by molar-refractivity contribution is 0.150. The molecule has 0 amide bonds. The van der Waals surface area contributed by atoms with Crippen molar-refractivity contribution in [2.45, 2.75) is 6.43 Å². The number of H-pyrrole nitrogens is 1. The zero-order valence-electron chi connectivity index (χ0n) is 6.30. The number of aromatic nitrogens is 1. The second-order valence-electron chi connectivity index (χ2n) is 2.13. The molecule has 3 nitrogen and oxygen atoms in total. The number of halogens is 2. The monoisotopic (exact) mass is 175 g/mol. The van der Waals surface area contributed by atoms with Crippen LogP contribution in [0, 0.1) is 0 Å². The van der Waals surface area contributed by atoms with Crippen LogP contribution < -0.4 is 10.3 Å². The van der Waals surface area contributed by atoms with Crippen LogP contribution in [-0.2, 0) is 0 Å². The highest BCUT2D eigenvalue weighted by Crippen LogP contribution is 2.18. The number of hydrogen-bond acceptors (Lipinski definition) is 2. The third kappa shape index (κ3) is 1.61. The predicted molar refractivity (Wildman–Crippen MR) is 38.6 cm³/mol. The van der Waals surface area contributed by atoms with E-state index in [1.165, 1.54) is 7.11 Å². The molecule has 0 atom stereocenters. The van der Waals surface area contributed by atoms with E-state index in [4.69, 9.17) is 0 Å². The van der Waals surface area contributed by atoms with Crippen molar-refractivity contribution in [3.05, 3.63) is 28.2 Å². The van der Waals surface area contributed by atoms with Crippen LogP contribution in [0.1, 0.15) is 12.0 Å². The van der Waals surface area contributed by atoms with E-state index in [9.17, 15) is 13.6 Å². The molecule has 0 unspecified atom stereocenters. The Morgan fingerprint density at radius 2 is 2.25 bits per heavy atom. The summed E-state index contributed by atoms with van der Waals surface area (Å²) in [6.07, 6.45) is -1.63. The van der Waals surface area contributed by atoms with Gasteiger partial charge in [0.1, 0.15) is 0 Å². The molecule has 5 heteroatoms. The number of nitrogens with one attached hydrogen (secondary N) is 1. The molecule has 0 radical (unpaired) electrons. The van der Waals surface area contributed by atoms with Gasteiger partial charge in [0.05, 0.1) is 7.11 Å². The van der Waals surface area contributed by atoms with E-state index >= 15 is 0 Å². The van der Waals surface area contributed by atoms with Crippen molar-refractivity contribution in [1.82, 2.24) is 4.98 Å². The maximum Gasteiger partial charge on any atom is 0.290 e. The van der Waals surface area contributed by atoms with Crippen LogP contribution in [0.2, 0.25) is 0 Å². The molecule has 1 heterocycles. The van der Waals surface area contributed by atoms with Crippen molar-refractivity contribution in [2.24, 2.45) is 0 Å². The minimum absolute atomic E-state index is 0.104. The summed E-state index contributed by atoms with van der Waals surface area (Å²) in [4.78, 5) is 12.9. The van der Waals surface area contributed by atoms with Gasteiger partial charge < -0.3 is 9.72 Å². The van der Waals surface area contributed by atoms with Crippen LogP contribution in [0.4, 0.5) is 8.78 Å². The van der Waals surface area contributed by atoms with Gasteiger partial charge in [-0.25, -0.2) is 8.78 Å². The minimum atomic E-state index is -2.60. The molecule has 0 aliphatic heterocycles. The fourth-order valence-electron chi connectivity index (χ4n) is 0.756. The van der Waals surface area contributed by atoms with Crippen molar-refractivity contribution in [2.75, 3.05) is 7.11 Å². The third-order valence-corrected chi connectivity index (χ3v) is 1.36. The summed E-state index contributed by atoms with van der Waals surface area (Å²) < 4.78 is 28.6. The summed E-state index contributed by atoms with van der Waals surface area (Å²) in [6.45, 7) is 0. The van der Waals surface area contributed by atoms with Gasteiger partial charge in [0.2, 0.25) is 0 Å². The van der Waals surface area contributed by atoms with Gasteiger partial charge in [-0.05, 0) is 6.07 Å². The van der Waals surface area contributed by atoms with Crippen molar-refractivity contribution < 1.29 is 13.5 Å². The van der Waals surface area contributed by atoms with E-state index in [0.29, 0.717) is 0 Å². The Bertz CT molecular complexity index is 321. The highest BCUT2D eigenvalue weighted by Gasteiger charge is 2.09. The smallest absolute Gasteiger partial charge is 0.290 e. The Morgan fingerprint density at radius 3 is 2.75 bits per heavy atom. The average Bonchev–Trinajstić information content (AvgIpc) is 2.05. The molecular weight excluding hydrogens is 168 g/mol. The maximum atomic E-state index is 12.0. The highest BCUT2D eigenvalue weighted by atomic mass is 19.3. The van der Waals surface area contributed by atoms with Gasteiger partial charge in [-0.15, -0.1) is 0 Å². The second kappa shape index (κ2) is 3.34. The lowest BCUT2D eigenvalue weighted by Gasteiger charge is -2.01. The van der Waals surface area contributed by atoms with Crippen molar-refractivity contribution in [3.63, 3.8) is 0 Å². The van der Waals surface area contributed by atoms with Crippen LogP contribution in [0.5, 0.6) is 5.75 Å². The quantitative estimate of drug-likeness (QED) is 0.736. The van der Waals surface area contributed by atoms with Crippen LogP contribution >= 0.6 is 0 Å². The van der Waals surface area contributed by atoms with Crippen LogP contribution in [0.15, 0.2) is 17.1 Å². The molecule has 0 saturated heterocycles. The topological polar surface area (TPSA) is 42.1 Å². The first-order valence-electron chi connectivity index (χ1n) is 3.20. The molecule has 12 heavy (non-hydrogen) atoms. The molecule has 0 spiro atoms. The Balaban J connectivity index is 3.14. The summed E-state index contributed by atoms with van der Waals surface area (Å²) in [5, 5.41) is 0. The van der Waals surface area contributed by atoms with Gasteiger partial charge in [-0.1, -0.05) is 0 Å². The number of pyridine rings is 1. The van der Waals surface area contributed by atoms with Gasteiger partial charge in [-0.3, -0.25) is 4.79 Å². The number of ether oxygens (including phenoxy) is 1. The number of rotatable bonds is 2. The molecule has 0 fully saturated rings. The fraction of sp³-hybridized carbons (Fsp3) is 0.286. The number of methoxy groups -OCH3 is 1. The van der Waals surface area contributed by atoms with Crippen LogP contribution in [-0.4, -0.2) is 12.1 Å². The van der Waals surface area contributed by atoms with Gasteiger partial charge in [0.15, 0.2) is 5.75 Å². The van der Waals surface area contributed by atoms with Crippen molar-refractivity contribution in [3.8, 4) is 5.75 Å². The summed E-state index contributed by atoms with van der Waals surface area (Å²) in [6, 6.07) is 1.02. The second-order valence-corrected chi connectivity index (χ2v) is 2.13. The van der Waals surface area contributed by atoms with Crippen molar-refractivity contribution >= 4 is 0 Å². The average molecular weight is 175 g/mol. The largest absolute Gasteiger partial charge is 0.491 e. The van der Waals surface area contributed by atoms with E-state index in [-0.39, 0.29) is 11.3 Å². The molecular formula is C7H7F2NO2. The fourth-order valence-corrected chi connectivity index (χ4v) is 0.756. The highest BCUT2D eigenvalue weighted by molar-refractivity contribution is 5.24. The molecule has 1 aromatic heterocycles. The number of hydrogen-bond donors (Lipinski definition) is 1. The Morgan fingerprint density at radius 1 is 1.58 bits per heavy atom. The summed E-state index contributed by atoms with van der Waals surface area (Å²) in [7, 11) is 1.25. The maximum absolute atomic E-state index is 12.0. The summed E-state index contributed by atoms with van der Waals surface area (Å²) >= 11 is 0. The molecule has 0 bridgehead atoms. The van der Waals surface area contributed by atoms with Gasteiger partial charge in [-0.2, -0.15) is 0 Å². The standard InChI is InChI=1S/C7H7F2NO2/c1-12-5-2-4(6(8)9)3-10-7(5)11/h2-3,6H,1H3,(H,10,11). The van der Waals surface area contributed by atoms with Gasteiger partial charge >= 0.3 is 0 Å². The molecule has 66 valence electrons. The SMILES string of the molecule is COc1cc(C(F)F)c[nH]c1=O. The summed E-state index contributed by atoms with van der Waals surface area (Å²) in [5.41, 5.74) is -0.770. The third-order valence-electron chi connectivity index (χ3n) is 1.36. The predicted octanol–water partition coefficient (Wildman–Crippen LogP) is 1.32. The van der Waals surface area contributed by atoms with Crippen LogP contribution in [0.25, 0.3) is 0 Å². The molecule has 0 aliphatic carbocycles. The Hall–Kier alpha value is -1.39. The molecule has 0 saturated carbocycles. The van der Waals surface area contributed by atoms with E-state index in [0.717, 1.165) is 12.3 Å². The molecule has 1 rings (SSSR count). The zero-order valence-corrected chi connectivity index (χ0v) is 6.30. The zero-order chi connectivity index (χ0) is 9.14. The first-order chi connectivity index (χ1) is 5.65. The van der Waals surface area contributed by atoms with Gasteiger partial charge in [0.25, 0.3) is 12.0 Å². The molecule has 1 N–H and O–H groups in total. The van der Waals surface area contributed by atoms with Gasteiger partial charge in [0, 0.05) is 11.8 Å². The van der Waals surface area contributed by atoms with E-state index < -0.39 is 12.0 Å². The Kier molecular flexibility index (Phi) is 2.42. The molecule has 0 aliphatic rings. The first-order valence-corrected chi connectivity index (χ1v) is 3.20. The molecule has 1 aromatic rings. The number of aromatic amines is 1. The first kappa shape index (κ1) is 8.70. The normalized spacial score (nSPS) is 10.3. The summed E-state index contributed by atoms with van der Waals surface area (Å²) in [5.74, 6) is -0.104. The van der Waals surface area contributed by atoms with E-state index in [1.54, 1.807) is 0 Å². The Labute approximate surface area is 67.0 Å².